The first kappa shape index (κ1) is 18.4. The van der Waals surface area contributed by atoms with Gasteiger partial charge in [-0.15, -0.1) is 0 Å². The van der Waals surface area contributed by atoms with Crippen LogP contribution in [0.15, 0.2) is 84.9 Å². The minimum atomic E-state index is -1.49. The van der Waals surface area contributed by atoms with Gasteiger partial charge < -0.3 is 14.6 Å². The lowest BCUT2D eigenvalue weighted by atomic mass is 9.80. The van der Waals surface area contributed by atoms with Crippen LogP contribution in [-0.4, -0.2) is 21.7 Å². The van der Waals surface area contributed by atoms with Crippen molar-refractivity contribution in [3.63, 3.8) is 0 Å². The van der Waals surface area contributed by atoms with Gasteiger partial charge in [0.05, 0.1) is 11.0 Å². The Morgan fingerprint density at radius 1 is 0.677 bits per heavy atom. The highest BCUT2D eigenvalue weighted by Crippen LogP contribution is 2.50. The summed E-state index contributed by atoms with van der Waals surface area (Å²) in [6.45, 7) is 4.58. The Hall–Kier alpha value is -3.34. The molecule has 0 bridgehead atoms. The number of rotatable bonds is 2. The van der Waals surface area contributed by atoms with Crippen LogP contribution in [0.2, 0.25) is 0 Å². The van der Waals surface area contributed by atoms with E-state index in [1.165, 1.54) is 33.0 Å². The van der Waals surface area contributed by atoms with Crippen LogP contribution in [0, 0.1) is 0 Å². The molecular weight excluding hydrogens is 381 g/mol. The normalized spacial score (nSPS) is 14.1. The van der Waals surface area contributed by atoms with E-state index in [2.05, 4.69) is 79.1 Å². The zero-order valence-electron chi connectivity index (χ0n) is 17.5. The molecule has 5 aromatic rings. The van der Waals surface area contributed by atoms with Crippen LogP contribution >= 0.6 is 0 Å². The number of hydrogen-bond donors (Lipinski definition) is 2. The molecule has 1 heterocycles. The third-order valence-electron chi connectivity index (χ3n) is 6.80. The maximum Gasteiger partial charge on any atom is 0.488 e. The Morgan fingerprint density at radius 2 is 1.45 bits per heavy atom. The standard InChI is InChI=1S/C27H22BNO2/c1-27(2)23-12-5-3-10-19(23)21-15-22-20-11-4-6-13-25(20)29(26(22)16-24(21)27)18-9-7-8-17(14-18)28(30)31/h3-16,30-31H,1-2H3. The van der Waals surface area contributed by atoms with E-state index < -0.39 is 7.12 Å². The third-order valence-corrected chi connectivity index (χ3v) is 6.80. The number of hydrogen-bond acceptors (Lipinski definition) is 2. The predicted octanol–water partition coefficient (Wildman–Crippen LogP) is 4.77. The Kier molecular flexibility index (Phi) is 3.77. The molecule has 1 aromatic heterocycles. The molecule has 0 spiro atoms. The molecule has 6 rings (SSSR count). The van der Waals surface area contributed by atoms with Gasteiger partial charge in [-0.2, -0.15) is 0 Å². The van der Waals surface area contributed by atoms with E-state index in [4.69, 9.17) is 0 Å². The molecule has 1 aliphatic carbocycles. The topological polar surface area (TPSA) is 45.4 Å². The Bertz CT molecular complexity index is 1500. The van der Waals surface area contributed by atoms with Gasteiger partial charge >= 0.3 is 7.12 Å². The maximum atomic E-state index is 9.71. The van der Waals surface area contributed by atoms with Crippen molar-refractivity contribution in [3.05, 3.63) is 96.1 Å². The van der Waals surface area contributed by atoms with Crippen LogP contribution in [-0.2, 0) is 5.41 Å². The lowest BCUT2D eigenvalue weighted by molar-refractivity contribution is 0.426. The molecule has 0 saturated carbocycles. The van der Waals surface area contributed by atoms with Crippen LogP contribution < -0.4 is 5.46 Å². The molecular formula is C27H22BNO2. The first-order valence-electron chi connectivity index (χ1n) is 10.6. The van der Waals surface area contributed by atoms with Crippen LogP contribution in [0.4, 0.5) is 0 Å². The van der Waals surface area contributed by atoms with Crippen molar-refractivity contribution in [1.29, 1.82) is 0 Å². The SMILES string of the molecule is CC1(C)c2ccccc2-c2cc3c4ccccc4n(-c4cccc(B(O)O)c4)c3cc21. The van der Waals surface area contributed by atoms with Gasteiger partial charge in [0, 0.05) is 21.9 Å². The summed E-state index contributed by atoms with van der Waals surface area (Å²) in [5.41, 5.74) is 8.86. The molecule has 0 atom stereocenters. The van der Waals surface area contributed by atoms with Crippen LogP contribution in [0.25, 0.3) is 38.6 Å². The summed E-state index contributed by atoms with van der Waals surface area (Å²) in [4.78, 5) is 0. The number of nitrogens with zero attached hydrogens (tertiary/aromatic N) is 1. The largest absolute Gasteiger partial charge is 0.488 e. The fraction of sp³-hybridized carbons (Fsp3) is 0.111. The van der Waals surface area contributed by atoms with Crippen molar-refractivity contribution in [3.8, 4) is 16.8 Å². The Labute approximate surface area is 181 Å². The number of aromatic nitrogens is 1. The van der Waals surface area contributed by atoms with Gasteiger partial charge in [-0.3, -0.25) is 0 Å². The van der Waals surface area contributed by atoms with Gasteiger partial charge in [-0.05, 0) is 58.0 Å². The van der Waals surface area contributed by atoms with Gasteiger partial charge in [-0.25, -0.2) is 0 Å². The van der Waals surface area contributed by atoms with Crippen molar-refractivity contribution >= 4 is 34.4 Å². The van der Waals surface area contributed by atoms with E-state index in [1.807, 2.05) is 18.2 Å². The second-order valence-corrected chi connectivity index (χ2v) is 8.91. The molecule has 31 heavy (non-hydrogen) atoms. The van der Waals surface area contributed by atoms with Gasteiger partial charge in [0.1, 0.15) is 0 Å². The van der Waals surface area contributed by atoms with E-state index in [9.17, 15) is 10.0 Å². The average Bonchev–Trinajstić information content (AvgIpc) is 3.22. The molecule has 0 radical (unpaired) electrons. The molecule has 0 amide bonds. The molecule has 4 aromatic carbocycles. The molecule has 0 aliphatic heterocycles. The smallest absolute Gasteiger partial charge is 0.423 e. The quantitative estimate of drug-likeness (QED) is 0.417. The molecule has 150 valence electrons. The highest BCUT2D eigenvalue weighted by atomic mass is 16.4. The summed E-state index contributed by atoms with van der Waals surface area (Å²) in [5.74, 6) is 0. The Balaban J connectivity index is 1.74. The minimum absolute atomic E-state index is 0.0788. The highest BCUT2D eigenvalue weighted by molar-refractivity contribution is 6.58. The lowest BCUT2D eigenvalue weighted by Crippen LogP contribution is -2.29. The summed E-state index contributed by atoms with van der Waals surface area (Å²) >= 11 is 0. The molecule has 0 saturated heterocycles. The first-order valence-corrected chi connectivity index (χ1v) is 10.6. The van der Waals surface area contributed by atoms with Gasteiger partial charge in [0.2, 0.25) is 0 Å². The van der Waals surface area contributed by atoms with E-state index in [0.717, 1.165) is 16.7 Å². The van der Waals surface area contributed by atoms with Crippen molar-refractivity contribution in [1.82, 2.24) is 4.57 Å². The van der Waals surface area contributed by atoms with Crippen molar-refractivity contribution in [2.24, 2.45) is 0 Å². The third kappa shape index (κ3) is 2.49. The number of para-hydroxylation sites is 1. The zero-order chi connectivity index (χ0) is 21.3. The fourth-order valence-electron chi connectivity index (χ4n) is 5.27. The minimum Gasteiger partial charge on any atom is -0.423 e. The molecule has 0 unspecified atom stereocenters. The summed E-state index contributed by atoms with van der Waals surface area (Å²) in [6, 6.07) is 29.2. The Morgan fingerprint density at radius 3 is 2.29 bits per heavy atom. The average molecular weight is 403 g/mol. The summed E-state index contributed by atoms with van der Waals surface area (Å²) in [6.07, 6.45) is 0. The van der Waals surface area contributed by atoms with E-state index in [0.29, 0.717) is 5.46 Å². The van der Waals surface area contributed by atoms with E-state index in [1.54, 1.807) is 6.07 Å². The summed E-state index contributed by atoms with van der Waals surface area (Å²) in [7, 11) is -1.49. The molecule has 3 nitrogen and oxygen atoms in total. The van der Waals surface area contributed by atoms with Gasteiger partial charge in [0.15, 0.2) is 0 Å². The van der Waals surface area contributed by atoms with E-state index in [-0.39, 0.29) is 5.41 Å². The van der Waals surface area contributed by atoms with Crippen molar-refractivity contribution < 1.29 is 10.0 Å². The zero-order valence-corrected chi connectivity index (χ0v) is 17.5. The van der Waals surface area contributed by atoms with Crippen molar-refractivity contribution in [2.75, 3.05) is 0 Å². The lowest BCUT2D eigenvalue weighted by Gasteiger charge is -2.21. The predicted molar refractivity (Wildman–Crippen MR) is 128 cm³/mol. The first-order chi connectivity index (χ1) is 15.0. The monoisotopic (exact) mass is 403 g/mol. The summed E-state index contributed by atoms with van der Waals surface area (Å²) in [5, 5.41) is 21.8. The number of fused-ring (bicyclic) bond motifs is 6. The molecule has 2 N–H and O–H groups in total. The molecule has 1 aliphatic rings. The van der Waals surface area contributed by atoms with Crippen molar-refractivity contribution in [2.45, 2.75) is 19.3 Å². The van der Waals surface area contributed by atoms with Crippen LogP contribution in [0.5, 0.6) is 0 Å². The highest BCUT2D eigenvalue weighted by Gasteiger charge is 2.36. The van der Waals surface area contributed by atoms with Gasteiger partial charge in [-0.1, -0.05) is 68.4 Å². The maximum absolute atomic E-state index is 9.71. The summed E-state index contributed by atoms with van der Waals surface area (Å²) < 4.78 is 2.23. The fourth-order valence-corrected chi connectivity index (χ4v) is 5.27. The second-order valence-electron chi connectivity index (χ2n) is 8.91. The van der Waals surface area contributed by atoms with E-state index >= 15 is 0 Å². The molecule has 0 fully saturated rings. The number of benzene rings is 4. The molecule has 4 heteroatoms. The van der Waals surface area contributed by atoms with Gasteiger partial charge in [0.25, 0.3) is 0 Å². The second kappa shape index (κ2) is 6.33. The van der Waals surface area contributed by atoms with Crippen LogP contribution in [0.3, 0.4) is 0 Å². The van der Waals surface area contributed by atoms with Crippen LogP contribution in [0.1, 0.15) is 25.0 Å².